The van der Waals surface area contributed by atoms with Crippen LogP contribution >= 0.6 is 11.3 Å². The number of para-hydroxylation sites is 1. The molecule has 0 fully saturated rings. The van der Waals surface area contributed by atoms with Crippen LogP contribution in [0.1, 0.15) is 26.3 Å². The normalized spacial score (nSPS) is 14.0. The van der Waals surface area contributed by atoms with Crippen LogP contribution in [0.25, 0.3) is 10.2 Å². The van der Waals surface area contributed by atoms with Gasteiger partial charge in [0.2, 0.25) is 5.91 Å². The molecule has 3 amide bonds. The Morgan fingerprint density at radius 1 is 0.871 bits per heavy atom. The predicted octanol–water partition coefficient (Wildman–Crippen LogP) is 4.14. The molecule has 31 heavy (non-hydrogen) atoms. The van der Waals surface area contributed by atoms with Crippen LogP contribution < -0.4 is 5.32 Å². The molecule has 2 heterocycles. The van der Waals surface area contributed by atoms with Crippen LogP contribution in [-0.4, -0.2) is 33.6 Å². The number of rotatable bonds is 5. The van der Waals surface area contributed by atoms with E-state index in [1.54, 1.807) is 24.3 Å². The fraction of sp³-hybridized carbons (Fsp3) is 0.0833. The molecule has 5 rings (SSSR count). The van der Waals surface area contributed by atoms with Crippen molar-refractivity contribution in [1.82, 2.24) is 9.88 Å². The zero-order valence-electron chi connectivity index (χ0n) is 16.3. The third-order valence-corrected chi connectivity index (χ3v) is 6.19. The number of fused-ring (bicyclic) bond motifs is 2. The summed E-state index contributed by atoms with van der Waals surface area (Å²) in [5.41, 5.74) is 2.27. The molecule has 6 nitrogen and oxygen atoms in total. The van der Waals surface area contributed by atoms with Crippen molar-refractivity contribution in [2.75, 3.05) is 5.32 Å². The molecule has 4 aromatic rings. The Kier molecular flexibility index (Phi) is 4.80. The van der Waals surface area contributed by atoms with Gasteiger partial charge in [-0.3, -0.25) is 19.3 Å². The molecule has 1 aromatic heterocycles. The Bertz CT molecular complexity index is 1250. The first-order chi connectivity index (χ1) is 15.1. The highest BCUT2D eigenvalue weighted by molar-refractivity contribution is 7.22. The number of carbonyl (C=O) groups excluding carboxylic acids is 3. The molecule has 0 unspecified atom stereocenters. The highest BCUT2D eigenvalue weighted by Gasteiger charge is 2.42. The lowest BCUT2D eigenvalue weighted by molar-refractivity contribution is -0.119. The third-order valence-electron chi connectivity index (χ3n) is 5.24. The van der Waals surface area contributed by atoms with Crippen LogP contribution in [0.4, 0.5) is 5.13 Å². The summed E-state index contributed by atoms with van der Waals surface area (Å²) >= 11 is 1.35. The first-order valence-corrected chi connectivity index (χ1v) is 10.6. The van der Waals surface area contributed by atoms with Crippen molar-refractivity contribution in [3.05, 3.63) is 95.6 Å². The summed E-state index contributed by atoms with van der Waals surface area (Å²) in [6.07, 6.45) is 0.211. The fourth-order valence-electron chi connectivity index (χ4n) is 3.74. The molecule has 7 heteroatoms. The molecule has 0 spiro atoms. The maximum Gasteiger partial charge on any atom is 0.262 e. The Morgan fingerprint density at radius 2 is 1.48 bits per heavy atom. The summed E-state index contributed by atoms with van der Waals surface area (Å²) in [4.78, 5) is 44.9. The minimum atomic E-state index is -0.998. The van der Waals surface area contributed by atoms with Crippen LogP contribution in [0.3, 0.4) is 0 Å². The van der Waals surface area contributed by atoms with Crippen molar-refractivity contribution in [1.29, 1.82) is 0 Å². The van der Waals surface area contributed by atoms with Crippen LogP contribution in [-0.2, 0) is 11.2 Å². The minimum Gasteiger partial charge on any atom is -0.300 e. The fourth-order valence-corrected chi connectivity index (χ4v) is 4.61. The van der Waals surface area contributed by atoms with Gasteiger partial charge in [-0.2, -0.15) is 0 Å². The van der Waals surface area contributed by atoms with Crippen LogP contribution in [0.2, 0.25) is 0 Å². The van der Waals surface area contributed by atoms with E-state index in [4.69, 9.17) is 0 Å². The summed E-state index contributed by atoms with van der Waals surface area (Å²) in [7, 11) is 0. The van der Waals surface area contributed by atoms with Crippen molar-refractivity contribution < 1.29 is 14.4 Å². The quantitative estimate of drug-likeness (QED) is 0.486. The molecule has 1 aliphatic rings. The van der Waals surface area contributed by atoms with Gasteiger partial charge in [0.25, 0.3) is 11.8 Å². The zero-order valence-corrected chi connectivity index (χ0v) is 17.1. The predicted molar refractivity (Wildman–Crippen MR) is 119 cm³/mol. The van der Waals surface area contributed by atoms with Gasteiger partial charge in [0, 0.05) is 6.42 Å². The Morgan fingerprint density at radius 3 is 2.16 bits per heavy atom. The smallest absolute Gasteiger partial charge is 0.262 e. The molecule has 0 bridgehead atoms. The van der Waals surface area contributed by atoms with E-state index in [1.165, 1.54) is 11.3 Å². The van der Waals surface area contributed by atoms with Gasteiger partial charge in [-0.15, -0.1) is 0 Å². The lowest BCUT2D eigenvalue weighted by atomic mass is 10.0. The molecule has 0 radical (unpaired) electrons. The first-order valence-electron chi connectivity index (χ1n) is 9.79. The number of aromatic nitrogens is 1. The summed E-state index contributed by atoms with van der Waals surface area (Å²) in [6.45, 7) is 0. The van der Waals surface area contributed by atoms with Gasteiger partial charge >= 0.3 is 0 Å². The van der Waals surface area contributed by atoms with E-state index in [1.807, 2.05) is 54.6 Å². The molecule has 1 aliphatic heterocycles. The lowest BCUT2D eigenvalue weighted by Gasteiger charge is -2.25. The number of benzene rings is 3. The molecule has 0 saturated heterocycles. The third kappa shape index (κ3) is 3.49. The monoisotopic (exact) mass is 427 g/mol. The summed E-state index contributed by atoms with van der Waals surface area (Å²) in [6, 6.07) is 22.6. The van der Waals surface area contributed by atoms with Crippen molar-refractivity contribution >= 4 is 44.4 Å². The van der Waals surface area contributed by atoms with Crippen molar-refractivity contribution in [3.8, 4) is 0 Å². The summed E-state index contributed by atoms with van der Waals surface area (Å²) in [5, 5.41) is 3.25. The standard InChI is InChI=1S/C24H17N3O3S/c28-21(26-24-25-18-12-6-7-13-20(18)31-24)19(14-15-8-2-1-3-9-15)27-22(29)16-10-4-5-11-17(16)23(27)30/h1-13,19H,14H2,(H,25,26,28)/t19-/m1/s1. The molecule has 0 aliphatic carbocycles. The topological polar surface area (TPSA) is 79.4 Å². The van der Waals surface area contributed by atoms with Crippen molar-refractivity contribution in [2.24, 2.45) is 0 Å². The van der Waals surface area contributed by atoms with Gasteiger partial charge < -0.3 is 5.32 Å². The number of anilines is 1. The summed E-state index contributed by atoms with van der Waals surface area (Å²) < 4.78 is 0.943. The minimum absolute atomic E-state index is 0.211. The molecular formula is C24H17N3O3S. The number of thiazole rings is 1. The van der Waals surface area contributed by atoms with E-state index >= 15 is 0 Å². The van der Waals surface area contributed by atoms with Crippen molar-refractivity contribution in [2.45, 2.75) is 12.5 Å². The van der Waals surface area contributed by atoms with Gasteiger partial charge in [-0.1, -0.05) is 65.9 Å². The van der Waals surface area contributed by atoms with Gasteiger partial charge in [-0.25, -0.2) is 4.98 Å². The van der Waals surface area contributed by atoms with Gasteiger partial charge in [0.15, 0.2) is 5.13 Å². The molecule has 152 valence electrons. The average Bonchev–Trinajstić information content (AvgIpc) is 3.31. The van der Waals surface area contributed by atoms with Crippen molar-refractivity contribution in [3.63, 3.8) is 0 Å². The number of carbonyl (C=O) groups is 3. The first kappa shape index (κ1) is 19.1. The van der Waals surface area contributed by atoms with E-state index in [2.05, 4.69) is 10.3 Å². The SMILES string of the molecule is O=C(Nc1nc2ccccc2s1)[C@@H](Cc1ccccc1)N1C(=O)c2ccccc2C1=O. The average molecular weight is 427 g/mol. The molecular weight excluding hydrogens is 410 g/mol. The maximum absolute atomic E-state index is 13.3. The molecule has 3 aromatic carbocycles. The Hall–Kier alpha value is -3.84. The lowest BCUT2D eigenvalue weighted by Crippen LogP contribution is -2.48. The van der Waals surface area contributed by atoms with Crippen LogP contribution in [0.15, 0.2) is 78.9 Å². The second-order valence-electron chi connectivity index (χ2n) is 7.21. The Balaban J connectivity index is 1.49. The second-order valence-corrected chi connectivity index (χ2v) is 8.24. The largest absolute Gasteiger partial charge is 0.300 e. The van der Waals surface area contributed by atoms with E-state index in [9.17, 15) is 14.4 Å². The van der Waals surface area contributed by atoms with E-state index in [-0.39, 0.29) is 6.42 Å². The number of nitrogens with one attached hydrogen (secondary N) is 1. The molecule has 0 saturated carbocycles. The van der Waals surface area contributed by atoms with E-state index in [0.29, 0.717) is 16.3 Å². The number of hydrogen-bond acceptors (Lipinski definition) is 5. The number of imide groups is 1. The molecule has 1 atom stereocenters. The van der Waals surface area contributed by atoms with Crippen LogP contribution in [0.5, 0.6) is 0 Å². The highest BCUT2D eigenvalue weighted by Crippen LogP contribution is 2.29. The second kappa shape index (κ2) is 7.77. The number of nitrogens with zero attached hydrogens (tertiary/aromatic N) is 2. The summed E-state index contributed by atoms with van der Waals surface area (Å²) in [5.74, 6) is -1.36. The number of amides is 3. The van der Waals surface area contributed by atoms with Gasteiger partial charge in [0.05, 0.1) is 21.3 Å². The Labute approximate surface area is 182 Å². The zero-order chi connectivity index (χ0) is 21.4. The molecule has 1 N–H and O–H groups in total. The van der Waals surface area contributed by atoms with Crippen LogP contribution in [0, 0.1) is 0 Å². The maximum atomic E-state index is 13.3. The van der Waals surface area contributed by atoms with E-state index in [0.717, 1.165) is 20.7 Å². The van der Waals surface area contributed by atoms with Gasteiger partial charge in [0.1, 0.15) is 6.04 Å². The number of hydrogen-bond donors (Lipinski definition) is 1. The van der Waals surface area contributed by atoms with E-state index < -0.39 is 23.8 Å². The highest BCUT2D eigenvalue weighted by atomic mass is 32.1. The van der Waals surface area contributed by atoms with Gasteiger partial charge in [-0.05, 0) is 29.8 Å².